The van der Waals surface area contributed by atoms with Crippen molar-refractivity contribution in [1.29, 1.82) is 0 Å². The number of nitrogens with one attached hydrogen (secondary N) is 1. The third-order valence-electron chi connectivity index (χ3n) is 5.70. The number of morpholine rings is 1. The molecule has 0 bridgehead atoms. The van der Waals surface area contributed by atoms with Gasteiger partial charge >= 0.3 is 0 Å². The van der Waals surface area contributed by atoms with Gasteiger partial charge in [0.15, 0.2) is 6.61 Å². The number of benzene rings is 2. The number of anilines is 1. The number of fused-ring (bicyclic) bond motifs is 1. The summed E-state index contributed by atoms with van der Waals surface area (Å²) in [6.07, 6.45) is 1.67. The first-order valence-corrected chi connectivity index (χ1v) is 12.4. The van der Waals surface area contributed by atoms with Crippen LogP contribution in [0.25, 0.3) is 0 Å². The van der Waals surface area contributed by atoms with Gasteiger partial charge in [-0.3, -0.25) is 14.0 Å². The molecule has 1 saturated heterocycles. The third-order valence-corrected chi connectivity index (χ3v) is 7.53. The zero-order chi connectivity index (χ0) is 22.4. The predicted octanol–water partition coefficient (Wildman–Crippen LogP) is 1.66. The van der Waals surface area contributed by atoms with Crippen molar-refractivity contribution in [2.24, 2.45) is 0 Å². The minimum Gasteiger partial charge on any atom is -0.484 e. The summed E-state index contributed by atoms with van der Waals surface area (Å²) >= 11 is 0. The van der Waals surface area contributed by atoms with Crippen molar-refractivity contribution in [3.63, 3.8) is 0 Å². The number of sulfonamides is 1. The van der Waals surface area contributed by atoms with E-state index in [2.05, 4.69) is 10.2 Å². The number of para-hydroxylation sites is 1. The van der Waals surface area contributed by atoms with Crippen molar-refractivity contribution in [2.75, 3.05) is 56.8 Å². The second-order valence-electron chi connectivity index (χ2n) is 7.87. The van der Waals surface area contributed by atoms with Crippen LogP contribution in [0.1, 0.15) is 12.0 Å². The van der Waals surface area contributed by atoms with Crippen molar-refractivity contribution in [2.45, 2.75) is 17.7 Å². The molecule has 0 spiro atoms. The molecular formula is C23H29N3O5S. The van der Waals surface area contributed by atoms with Crippen LogP contribution in [0.15, 0.2) is 53.4 Å². The van der Waals surface area contributed by atoms with Gasteiger partial charge in [0.25, 0.3) is 15.9 Å². The summed E-state index contributed by atoms with van der Waals surface area (Å²) in [5.41, 5.74) is 1.79. The molecule has 0 aromatic heterocycles. The maximum Gasteiger partial charge on any atom is 0.264 e. The van der Waals surface area contributed by atoms with Crippen LogP contribution in [-0.4, -0.2) is 71.8 Å². The highest BCUT2D eigenvalue weighted by Crippen LogP contribution is 2.32. The lowest BCUT2D eigenvalue weighted by Crippen LogP contribution is -2.42. The molecule has 1 fully saturated rings. The van der Waals surface area contributed by atoms with Crippen LogP contribution >= 0.6 is 0 Å². The van der Waals surface area contributed by atoms with Crippen LogP contribution in [0.3, 0.4) is 0 Å². The average Bonchev–Trinajstić information content (AvgIpc) is 2.83. The zero-order valence-corrected chi connectivity index (χ0v) is 18.9. The highest BCUT2D eigenvalue weighted by atomic mass is 32.2. The Labute approximate surface area is 189 Å². The summed E-state index contributed by atoms with van der Waals surface area (Å²) < 4.78 is 38.7. The number of carbonyl (C=O) groups excluding carboxylic acids is 1. The zero-order valence-electron chi connectivity index (χ0n) is 18.0. The second kappa shape index (κ2) is 10.3. The monoisotopic (exact) mass is 459 g/mol. The van der Waals surface area contributed by atoms with Crippen molar-refractivity contribution in [3.8, 4) is 5.75 Å². The Bertz CT molecular complexity index is 1020. The lowest BCUT2D eigenvalue weighted by Gasteiger charge is -2.30. The Morgan fingerprint density at radius 3 is 2.56 bits per heavy atom. The highest BCUT2D eigenvalue weighted by Gasteiger charge is 2.28. The van der Waals surface area contributed by atoms with Crippen LogP contribution in [0.2, 0.25) is 0 Å². The molecule has 1 amide bonds. The van der Waals surface area contributed by atoms with E-state index < -0.39 is 10.0 Å². The molecule has 2 aliphatic rings. The highest BCUT2D eigenvalue weighted by molar-refractivity contribution is 7.92. The summed E-state index contributed by atoms with van der Waals surface area (Å²) in [6, 6.07) is 13.8. The van der Waals surface area contributed by atoms with Gasteiger partial charge < -0.3 is 14.8 Å². The largest absolute Gasteiger partial charge is 0.484 e. The molecule has 2 aromatic carbocycles. The van der Waals surface area contributed by atoms with E-state index in [1.54, 1.807) is 12.1 Å². The van der Waals surface area contributed by atoms with Crippen molar-refractivity contribution in [3.05, 3.63) is 54.1 Å². The van der Waals surface area contributed by atoms with Gasteiger partial charge in [-0.15, -0.1) is 0 Å². The smallest absolute Gasteiger partial charge is 0.264 e. The first-order chi connectivity index (χ1) is 15.5. The molecule has 2 aliphatic heterocycles. The molecule has 32 heavy (non-hydrogen) atoms. The van der Waals surface area contributed by atoms with E-state index in [1.807, 2.05) is 24.3 Å². The lowest BCUT2D eigenvalue weighted by molar-refractivity contribution is -0.123. The molecule has 2 heterocycles. The number of hydrogen-bond acceptors (Lipinski definition) is 6. The van der Waals surface area contributed by atoms with Crippen LogP contribution in [-0.2, 0) is 26.0 Å². The van der Waals surface area contributed by atoms with E-state index in [1.165, 1.54) is 16.4 Å². The van der Waals surface area contributed by atoms with Gasteiger partial charge in [-0.25, -0.2) is 8.42 Å². The fourth-order valence-electron chi connectivity index (χ4n) is 3.96. The van der Waals surface area contributed by atoms with Crippen LogP contribution in [0.5, 0.6) is 5.75 Å². The van der Waals surface area contributed by atoms with E-state index in [4.69, 9.17) is 9.47 Å². The Morgan fingerprint density at radius 1 is 1.03 bits per heavy atom. The van der Waals surface area contributed by atoms with Crippen molar-refractivity contribution in [1.82, 2.24) is 10.2 Å². The van der Waals surface area contributed by atoms with Crippen molar-refractivity contribution >= 4 is 21.6 Å². The molecule has 1 N–H and O–H groups in total. The average molecular weight is 460 g/mol. The minimum absolute atomic E-state index is 0.116. The maximum absolute atomic E-state index is 13.2. The number of carbonyl (C=O) groups is 1. The molecule has 172 valence electrons. The topological polar surface area (TPSA) is 88.2 Å². The van der Waals surface area contributed by atoms with Crippen LogP contribution in [0.4, 0.5) is 5.69 Å². The number of rotatable bonds is 8. The van der Waals surface area contributed by atoms with E-state index in [9.17, 15) is 13.2 Å². The molecular weight excluding hydrogens is 430 g/mol. The molecule has 0 saturated carbocycles. The lowest BCUT2D eigenvalue weighted by atomic mass is 10.0. The molecule has 4 rings (SSSR count). The number of nitrogens with zero attached hydrogens (tertiary/aromatic N) is 2. The van der Waals surface area contributed by atoms with Gasteiger partial charge in [0.1, 0.15) is 5.75 Å². The summed E-state index contributed by atoms with van der Waals surface area (Å²) in [5, 5.41) is 2.84. The fraction of sp³-hybridized carbons (Fsp3) is 0.435. The molecule has 0 radical (unpaired) electrons. The van der Waals surface area contributed by atoms with Gasteiger partial charge in [0, 0.05) is 32.7 Å². The van der Waals surface area contributed by atoms with Gasteiger partial charge in [-0.2, -0.15) is 0 Å². The van der Waals surface area contributed by atoms with E-state index in [0.717, 1.165) is 56.9 Å². The Balaban J connectivity index is 1.30. The molecule has 2 aromatic rings. The SMILES string of the molecule is O=C(COc1ccc(S(=O)(=O)N2CCCc3ccccc32)cc1)NCCN1CCOCC1. The minimum atomic E-state index is -3.66. The van der Waals surface area contributed by atoms with Crippen LogP contribution in [0, 0.1) is 0 Å². The summed E-state index contributed by atoms with van der Waals surface area (Å²) in [5.74, 6) is 0.242. The predicted molar refractivity (Wildman–Crippen MR) is 122 cm³/mol. The third kappa shape index (κ3) is 5.40. The summed E-state index contributed by atoms with van der Waals surface area (Å²) in [7, 11) is -3.66. The molecule has 0 unspecified atom stereocenters. The standard InChI is InChI=1S/C23H29N3O5S/c27-23(24-11-13-25-14-16-30-17-15-25)18-31-20-7-9-21(10-8-20)32(28,29)26-12-3-5-19-4-1-2-6-22(19)26/h1-2,4,6-10H,3,5,11-18H2,(H,24,27). The second-order valence-corrected chi connectivity index (χ2v) is 9.74. The number of hydrogen-bond donors (Lipinski definition) is 1. The molecule has 9 heteroatoms. The van der Waals surface area contributed by atoms with E-state index in [0.29, 0.717) is 18.8 Å². The quantitative estimate of drug-likeness (QED) is 0.646. The molecule has 0 aliphatic carbocycles. The molecule has 8 nitrogen and oxygen atoms in total. The number of amides is 1. The van der Waals surface area contributed by atoms with Crippen molar-refractivity contribution < 1.29 is 22.7 Å². The van der Waals surface area contributed by atoms with E-state index >= 15 is 0 Å². The molecule has 0 atom stereocenters. The first kappa shape index (κ1) is 22.6. The van der Waals surface area contributed by atoms with E-state index in [-0.39, 0.29) is 17.4 Å². The van der Waals surface area contributed by atoms with Gasteiger partial charge in [-0.05, 0) is 48.7 Å². The normalized spacial score (nSPS) is 16.9. The fourth-order valence-corrected chi connectivity index (χ4v) is 5.50. The number of ether oxygens (including phenoxy) is 2. The Morgan fingerprint density at radius 2 is 1.78 bits per heavy atom. The first-order valence-electron chi connectivity index (χ1n) is 10.9. The number of aryl methyl sites for hydroxylation is 1. The summed E-state index contributed by atoms with van der Waals surface area (Å²) in [4.78, 5) is 14.5. The van der Waals surface area contributed by atoms with Gasteiger partial charge in [0.2, 0.25) is 0 Å². The Hall–Kier alpha value is -2.62. The maximum atomic E-state index is 13.2. The Kier molecular flexibility index (Phi) is 7.29. The summed E-state index contributed by atoms with van der Waals surface area (Å²) in [6.45, 7) is 4.89. The van der Waals surface area contributed by atoms with Gasteiger partial charge in [0.05, 0.1) is 23.8 Å². The van der Waals surface area contributed by atoms with Crippen LogP contribution < -0.4 is 14.4 Å². The van der Waals surface area contributed by atoms with Gasteiger partial charge in [-0.1, -0.05) is 18.2 Å².